The smallest absolute Gasteiger partial charge is 0.361 e. The van der Waals surface area contributed by atoms with E-state index in [4.69, 9.17) is 18.7 Å². The standard InChI is InChI=1S/C29H30N3O6/c1-19-7-4-5-8-23(19)30-29-31-24-15-10-20(17-25(24)37-29)18-26(33)32(16-6-9-27(32)35-2)38-22-13-11-21(12-14-22)28(34)36-3/h4-5,7-8,10-15,17,27H,6,9,16,18H2,1-3H3,(H,30,31)/q+1. The molecule has 1 saturated heterocycles. The van der Waals surface area contributed by atoms with Crippen LogP contribution >= 0.6 is 0 Å². The van der Waals surface area contributed by atoms with Crippen LogP contribution in [0.25, 0.3) is 11.1 Å². The minimum atomic E-state index is -0.443. The summed E-state index contributed by atoms with van der Waals surface area (Å²) in [6, 6.07) is 20.4. The molecule has 5 rings (SSSR count). The molecule has 1 aliphatic rings. The number of anilines is 2. The number of rotatable bonds is 8. The second kappa shape index (κ2) is 10.6. The van der Waals surface area contributed by atoms with Gasteiger partial charge in [-0.1, -0.05) is 24.3 Å². The number of oxazole rings is 1. The fourth-order valence-corrected chi connectivity index (χ4v) is 4.81. The summed E-state index contributed by atoms with van der Waals surface area (Å²) < 4.78 is 16.1. The first-order valence-electron chi connectivity index (χ1n) is 12.5. The van der Waals surface area contributed by atoms with Crippen LogP contribution in [0.3, 0.4) is 0 Å². The number of hydrogen-bond donors (Lipinski definition) is 1. The highest BCUT2D eigenvalue weighted by Crippen LogP contribution is 2.32. The van der Waals surface area contributed by atoms with Gasteiger partial charge in [0.2, 0.25) is 6.23 Å². The number of amides is 1. The largest absolute Gasteiger partial charge is 0.465 e. The van der Waals surface area contributed by atoms with Crippen LogP contribution < -0.4 is 10.2 Å². The van der Waals surface area contributed by atoms with E-state index in [9.17, 15) is 9.59 Å². The Morgan fingerprint density at radius 3 is 2.61 bits per heavy atom. The van der Waals surface area contributed by atoms with Crippen LogP contribution in [-0.4, -0.2) is 48.5 Å². The number of methoxy groups -OCH3 is 2. The van der Waals surface area contributed by atoms with Gasteiger partial charge in [0.15, 0.2) is 11.3 Å². The van der Waals surface area contributed by atoms with Crippen molar-refractivity contribution in [3.8, 4) is 5.75 Å². The van der Waals surface area contributed by atoms with Crippen LogP contribution in [0.2, 0.25) is 0 Å². The van der Waals surface area contributed by atoms with Crippen molar-refractivity contribution in [2.24, 2.45) is 0 Å². The fourth-order valence-electron chi connectivity index (χ4n) is 4.81. The lowest BCUT2D eigenvalue weighted by Gasteiger charge is -2.33. The molecule has 0 spiro atoms. The maximum Gasteiger partial charge on any atom is 0.361 e. The molecule has 1 aromatic heterocycles. The van der Waals surface area contributed by atoms with Gasteiger partial charge in [-0.25, -0.2) is 9.59 Å². The monoisotopic (exact) mass is 516 g/mol. The predicted molar refractivity (Wildman–Crippen MR) is 141 cm³/mol. The number of likely N-dealkylation sites (tertiary alicyclic amines) is 1. The Labute approximate surface area is 220 Å². The molecule has 38 heavy (non-hydrogen) atoms. The third kappa shape index (κ3) is 4.98. The van der Waals surface area contributed by atoms with E-state index >= 15 is 0 Å². The number of carbonyl (C=O) groups is 2. The zero-order chi connectivity index (χ0) is 26.7. The Morgan fingerprint density at radius 2 is 1.87 bits per heavy atom. The molecule has 1 fully saturated rings. The van der Waals surface area contributed by atoms with E-state index in [-0.39, 0.29) is 17.0 Å². The van der Waals surface area contributed by atoms with Crippen LogP contribution in [0.5, 0.6) is 5.75 Å². The summed E-state index contributed by atoms with van der Waals surface area (Å²) in [4.78, 5) is 36.4. The van der Waals surface area contributed by atoms with Crippen molar-refractivity contribution in [1.29, 1.82) is 0 Å². The van der Waals surface area contributed by atoms with Gasteiger partial charge in [0.25, 0.3) is 6.01 Å². The molecule has 2 heterocycles. The minimum Gasteiger partial charge on any atom is -0.465 e. The van der Waals surface area contributed by atoms with E-state index < -0.39 is 12.2 Å². The number of esters is 1. The van der Waals surface area contributed by atoms with E-state index in [1.807, 2.05) is 49.4 Å². The van der Waals surface area contributed by atoms with E-state index in [1.165, 1.54) is 7.11 Å². The van der Waals surface area contributed by atoms with Crippen LogP contribution in [0.1, 0.15) is 34.3 Å². The molecule has 0 bridgehead atoms. The molecule has 1 N–H and O–H groups in total. The van der Waals surface area contributed by atoms with Crippen LogP contribution in [0.15, 0.2) is 71.1 Å². The number of aryl methyl sites for hydroxylation is 1. The van der Waals surface area contributed by atoms with E-state index in [0.29, 0.717) is 41.4 Å². The number of ether oxygens (including phenoxy) is 2. The molecule has 0 radical (unpaired) electrons. The summed E-state index contributed by atoms with van der Waals surface area (Å²) in [7, 11) is 2.92. The Balaban J connectivity index is 1.37. The van der Waals surface area contributed by atoms with Gasteiger partial charge in [-0.3, -0.25) is 0 Å². The third-order valence-electron chi connectivity index (χ3n) is 6.84. The number of aromatic nitrogens is 1. The van der Waals surface area contributed by atoms with Gasteiger partial charge >= 0.3 is 11.9 Å². The summed E-state index contributed by atoms with van der Waals surface area (Å²) in [5, 5.41) is 3.21. The normalized spacial score (nSPS) is 18.9. The van der Waals surface area contributed by atoms with Crippen molar-refractivity contribution in [1.82, 2.24) is 4.98 Å². The average Bonchev–Trinajstić information content (AvgIpc) is 3.53. The molecule has 196 valence electrons. The number of nitrogens with one attached hydrogen (secondary N) is 1. The van der Waals surface area contributed by atoms with Gasteiger partial charge in [0.1, 0.15) is 12.1 Å². The minimum absolute atomic E-state index is 0.122. The van der Waals surface area contributed by atoms with Crippen LogP contribution in [-0.2, 0) is 20.7 Å². The number of fused-ring (bicyclic) bond motifs is 1. The molecular formula is C29H30N3O6+. The molecule has 2 unspecified atom stereocenters. The van der Waals surface area contributed by atoms with Gasteiger partial charge in [0, 0.05) is 25.6 Å². The zero-order valence-electron chi connectivity index (χ0n) is 21.6. The van der Waals surface area contributed by atoms with E-state index in [0.717, 1.165) is 23.2 Å². The molecule has 3 aromatic carbocycles. The molecule has 9 heteroatoms. The maximum absolute atomic E-state index is 13.8. The van der Waals surface area contributed by atoms with Gasteiger partial charge in [0.05, 0.1) is 19.1 Å². The number of benzene rings is 3. The third-order valence-corrected chi connectivity index (χ3v) is 6.84. The Kier molecular flexibility index (Phi) is 7.13. The molecule has 1 amide bonds. The summed E-state index contributed by atoms with van der Waals surface area (Å²) in [6.07, 6.45) is 1.15. The first kappa shape index (κ1) is 25.4. The van der Waals surface area contributed by atoms with E-state index in [2.05, 4.69) is 10.3 Å². The quantitative estimate of drug-likeness (QED) is 0.248. The molecule has 0 aliphatic carbocycles. The number of para-hydroxylation sites is 1. The molecule has 2 atom stereocenters. The van der Waals surface area contributed by atoms with Crippen LogP contribution in [0, 0.1) is 6.92 Å². The first-order chi connectivity index (χ1) is 18.4. The number of hydroxylamine groups is 3. The lowest BCUT2D eigenvalue weighted by atomic mass is 10.1. The predicted octanol–water partition coefficient (Wildman–Crippen LogP) is 5.31. The molecule has 4 aromatic rings. The Hall–Kier alpha value is -4.21. The molecular weight excluding hydrogens is 486 g/mol. The summed E-state index contributed by atoms with van der Waals surface area (Å²) in [6.45, 7) is 2.49. The van der Waals surface area contributed by atoms with Gasteiger partial charge in [-0.2, -0.15) is 4.98 Å². The second-order valence-corrected chi connectivity index (χ2v) is 9.29. The number of hydrogen-bond acceptors (Lipinski definition) is 8. The fraction of sp³-hybridized carbons (Fsp3) is 0.276. The number of nitrogens with zero attached hydrogens (tertiary/aromatic N) is 2. The van der Waals surface area contributed by atoms with Crippen molar-refractivity contribution in [2.45, 2.75) is 32.4 Å². The summed E-state index contributed by atoms with van der Waals surface area (Å²) in [5.74, 6) is -0.108. The number of carbonyl (C=O) groups excluding carboxylic acids is 2. The van der Waals surface area contributed by atoms with Gasteiger partial charge < -0.3 is 24.0 Å². The zero-order valence-corrected chi connectivity index (χ0v) is 21.6. The highest BCUT2D eigenvalue weighted by Gasteiger charge is 2.52. The Bertz CT molecular complexity index is 1460. The maximum atomic E-state index is 13.8. The van der Waals surface area contributed by atoms with Crippen molar-refractivity contribution < 1.29 is 33.0 Å². The first-order valence-corrected chi connectivity index (χ1v) is 12.5. The van der Waals surface area contributed by atoms with Crippen LogP contribution in [0.4, 0.5) is 11.7 Å². The SMILES string of the molecule is COC(=O)c1ccc(O[N+]2(C(=O)Cc3ccc4nc(Nc5ccccc5C)oc4c3)CCCC2OC)cc1. The lowest BCUT2D eigenvalue weighted by Crippen LogP contribution is -2.59. The molecule has 1 aliphatic heterocycles. The summed E-state index contributed by atoms with van der Waals surface area (Å²) >= 11 is 0. The van der Waals surface area contributed by atoms with Crippen molar-refractivity contribution in [3.05, 3.63) is 83.4 Å². The molecule has 9 nitrogen and oxygen atoms in total. The number of quaternary nitrogens is 1. The van der Waals surface area contributed by atoms with Gasteiger partial charge in [-0.15, -0.1) is 0 Å². The highest BCUT2D eigenvalue weighted by atomic mass is 16.8. The average molecular weight is 517 g/mol. The van der Waals surface area contributed by atoms with Crippen molar-refractivity contribution in [3.63, 3.8) is 0 Å². The summed E-state index contributed by atoms with van der Waals surface area (Å²) in [5.41, 5.74) is 4.45. The Morgan fingerprint density at radius 1 is 1.08 bits per heavy atom. The highest BCUT2D eigenvalue weighted by molar-refractivity contribution is 5.89. The van der Waals surface area contributed by atoms with Crippen molar-refractivity contribution >= 4 is 34.7 Å². The topological polar surface area (TPSA) is 99.9 Å². The van der Waals surface area contributed by atoms with Gasteiger partial charge in [-0.05, 0) is 65.2 Å². The molecule has 0 saturated carbocycles. The van der Waals surface area contributed by atoms with Crippen molar-refractivity contribution in [2.75, 3.05) is 26.1 Å². The second-order valence-electron chi connectivity index (χ2n) is 9.29. The lowest BCUT2D eigenvalue weighted by molar-refractivity contribution is -1.04. The van der Waals surface area contributed by atoms with E-state index in [1.54, 1.807) is 31.4 Å².